The third-order valence-corrected chi connectivity index (χ3v) is 5.19. The quantitative estimate of drug-likeness (QED) is 0.333. The fourth-order valence-electron chi connectivity index (χ4n) is 2.33. The standard InChI is InChI=1S/C9H6IN3.C8H4IN3/c1-13-8-4-6(5-11)2-3-7(8)9(10)12-13;9-8-6-2-1-5(4-10)3-7(6)11-12-8/h2-4H,1H3;1-3H,(H,11,12). The number of aryl methyl sites for hydroxylation is 1. The van der Waals surface area contributed by atoms with Crippen molar-refractivity contribution in [3.63, 3.8) is 0 Å². The van der Waals surface area contributed by atoms with E-state index < -0.39 is 0 Å². The maximum absolute atomic E-state index is 8.71. The number of hydrogen-bond acceptors (Lipinski definition) is 4. The molecule has 4 rings (SSSR count). The molecule has 0 aliphatic heterocycles. The molecule has 1 N–H and O–H groups in total. The lowest BCUT2D eigenvalue weighted by Gasteiger charge is -1.93. The Morgan fingerprint density at radius 1 is 1.00 bits per heavy atom. The van der Waals surface area contributed by atoms with Gasteiger partial charge >= 0.3 is 0 Å². The van der Waals surface area contributed by atoms with Crippen molar-refractivity contribution in [3.8, 4) is 12.1 Å². The molecule has 0 unspecified atom stereocenters. The van der Waals surface area contributed by atoms with Crippen LogP contribution in [0.1, 0.15) is 11.1 Å². The number of nitrogens with zero attached hydrogens (tertiary/aromatic N) is 5. The number of H-pyrrole nitrogens is 1. The first-order chi connectivity index (χ1) is 12.0. The third kappa shape index (κ3) is 3.60. The van der Waals surface area contributed by atoms with Gasteiger partial charge in [0.05, 0.1) is 34.3 Å². The fraction of sp³-hybridized carbons (Fsp3) is 0.0588. The first-order valence-corrected chi connectivity index (χ1v) is 9.25. The summed E-state index contributed by atoms with van der Waals surface area (Å²) in [6, 6.07) is 15.2. The van der Waals surface area contributed by atoms with Crippen molar-refractivity contribution in [2.75, 3.05) is 0 Å². The van der Waals surface area contributed by atoms with Crippen molar-refractivity contribution in [2.24, 2.45) is 7.05 Å². The normalized spacial score (nSPS) is 10.1. The van der Waals surface area contributed by atoms with Crippen LogP contribution in [0.15, 0.2) is 36.4 Å². The van der Waals surface area contributed by atoms with Gasteiger partial charge in [0.15, 0.2) is 0 Å². The summed E-state index contributed by atoms with van der Waals surface area (Å²) >= 11 is 4.36. The predicted octanol–water partition coefficient (Wildman–Crippen LogP) is 4.09. The number of nitrogens with one attached hydrogen (secondary N) is 1. The average Bonchev–Trinajstić information content (AvgIpc) is 3.14. The van der Waals surface area contributed by atoms with Crippen molar-refractivity contribution >= 4 is 67.0 Å². The van der Waals surface area contributed by atoms with Crippen LogP contribution in [0.25, 0.3) is 21.8 Å². The maximum atomic E-state index is 8.71. The number of nitriles is 2. The van der Waals surface area contributed by atoms with E-state index in [9.17, 15) is 0 Å². The fourth-order valence-corrected chi connectivity index (χ4v) is 3.69. The molecule has 2 aromatic carbocycles. The van der Waals surface area contributed by atoms with Gasteiger partial charge in [0, 0.05) is 17.8 Å². The molecule has 8 heteroatoms. The first kappa shape index (κ1) is 17.6. The molecule has 0 spiro atoms. The molecule has 0 aliphatic carbocycles. The zero-order valence-corrected chi connectivity index (χ0v) is 17.3. The molecule has 0 atom stereocenters. The molecule has 4 aromatic rings. The summed E-state index contributed by atoms with van der Waals surface area (Å²) in [5.41, 5.74) is 3.17. The predicted molar refractivity (Wildman–Crippen MR) is 112 cm³/mol. The summed E-state index contributed by atoms with van der Waals surface area (Å²) in [6.07, 6.45) is 0. The summed E-state index contributed by atoms with van der Waals surface area (Å²) in [7, 11) is 1.88. The maximum Gasteiger partial charge on any atom is 0.131 e. The van der Waals surface area contributed by atoms with Crippen molar-refractivity contribution in [1.82, 2.24) is 20.0 Å². The number of halogens is 2. The molecule has 0 saturated heterocycles. The highest BCUT2D eigenvalue weighted by atomic mass is 127. The van der Waals surface area contributed by atoms with Crippen LogP contribution in [0.2, 0.25) is 0 Å². The van der Waals surface area contributed by atoms with Crippen LogP contribution in [0.5, 0.6) is 0 Å². The van der Waals surface area contributed by atoms with E-state index >= 15 is 0 Å². The Bertz CT molecular complexity index is 1160. The molecule has 0 fully saturated rings. The minimum atomic E-state index is 0.644. The van der Waals surface area contributed by atoms with Crippen LogP contribution in [0.4, 0.5) is 0 Å². The molecule has 122 valence electrons. The van der Waals surface area contributed by atoms with Gasteiger partial charge < -0.3 is 0 Å². The lowest BCUT2D eigenvalue weighted by molar-refractivity contribution is 0.787. The molecule has 0 radical (unpaired) electrons. The third-order valence-electron chi connectivity index (χ3n) is 3.57. The molecule has 6 nitrogen and oxygen atoms in total. The van der Waals surface area contributed by atoms with Crippen LogP contribution in [0, 0.1) is 30.1 Å². The van der Waals surface area contributed by atoms with Gasteiger partial charge in [0.2, 0.25) is 0 Å². The Morgan fingerprint density at radius 2 is 1.64 bits per heavy atom. The number of rotatable bonds is 0. The lowest BCUT2D eigenvalue weighted by Crippen LogP contribution is -1.89. The molecule has 2 aromatic heterocycles. The van der Waals surface area contributed by atoms with Gasteiger partial charge in [-0.2, -0.15) is 20.7 Å². The van der Waals surface area contributed by atoms with E-state index in [1.165, 1.54) is 0 Å². The Kier molecular flexibility index (Phi) is 5.20. The zero-order valence-electron chi connectivity index (χ0n) is 13.0. The van der Waals surface area contributed by atoms with Gasteiger partial charge in [0.25, 0.3) is 0 Å². The monoisotopic (exact) mass is 552 g/mol. The second-order valence-electron chi connectivity index (χ2n) is 5.14. The molecule has 0 bridgehead atoms. The lowest BCUT2D eigenvalue weighted by atomic mass is 10.2. The Labute approximate surface area is 170 Å². The largest absolute Gasteiger partial charge is 0.271 e. The van der Waals surface area contributed by atoms with Gasteiger partial charge in [-0.1, -0.05) is 0 Å². The van der Waals surface area contributed by atoms with Crippen molar-refractivity contribution in [3.05, 3.63) is 54.9 Å². The highest BCUT2D eigenvalue weighted by Gasteiger charge is 2.05. The second kappa shape index (κ2) is 7.37. The second-order valence-corrected chi connectivity index (χ2v) is 7.24. The summed E-state index contributed by atoms with van der Waals surface area (Å²) in [4.78, 5) is 0. The molecular weight excluding hydrogens is 542 g/mol. The van der Waals surface area contributed by atoms with Gasteiger partial charge in [-0.05, 0) is 81.6 Å². The van der Waals surface area contributed by atoms with Crippen molar-refractivity contribution < 1.29 is 0 Å². The van der Waals surface area contributed by atoms with Gasteiger partial charge in [-0.25, -0.2) is 0 Å². The van der Waals surface area contributed by atoms with E-state index in [1.54, 1.807) is 16.8 Å². The van der Waals surface area contributed by atoms with E-state index in [0.29, 0.717) is 11.1 Å². The van der Waals surface area contributed by atoms with Crippen molar-refractivity contribution in [1.29, 1.82) is 10.5 Å². The van der Waals surface area contributed by atoms with E-state index in [2.05, 4.69) is 72.6 Å². The summed E-state index contributed by atoms with van der Waals surface area (Å²) in [5, 5.41) is 30.6. The molecule has 25 heavy (non-hydrogen) atoms. The number of benzene rings is 2. The van der Waals surface area contributed by atoms with Crippen LogP contribution < -0.4 is 0 Å². The Hall–Kier alpha value is -2.18. The SMILES string of the molecule is Cn1nc(I)c2ccc(C#N)cc21.N#Cc1ccc2c(I)[nH]nc2c1. The van der Waals surface area contributed by atoms with Crippen LogP contribution >= 0.6 is 45.2 Å². The van der Waals surface area contributed by atoms with Crippen molar-refractivity contribution in [2.45, 2.75) is 0 Å². The summed E-state index contributed by atoms with van der Waals surface area (Å²) in [5.74, 6) is 0. The van der Waals surface area contributed by atoms with Gasteiger partial charge in [0.1, 0.15) is 7.40 Å². The summed E-state index contributed by atoms with van der Waals surface area (Å²) in [6.45, 7) is 0. The van der Waals surface area contributed by atoms with Crippen LogP contribution in [-0.2, 0) is 7.05 Å². The molecule has 2 heterocycles. The molecular formula is C17H10I2N6. The van der Waals surface area contributed by atoms with E-state index in [-0.39, 0.29) is 0 Å². The Morgan fingerprint density at radius 3 is 2.32 bits per heavy atom. The highest BCUT2D eigenvalue weighted by molar-refractivity contribution is 14.1. The Balaban J connectivity index is 0.000000146. The average molecular weight is 552 g/mol. The zero-order chi connectivity index (χ0) is 18.0. The van der Waals surface area contributed by atoms with E-state index in [0.717, 1.165) is 29.2 Å². The van der Waals surface area contributed by atoms with Crippen LogP contribution in [0.3, 0.4) is 0 Å². The number of hydrogen-bond donors (Lipinski definition) is 1. The number of fused-ring (bicyclic) bond motifs is 2. The molecule has 0 aliphatic rings. The number of aromatic amines is 1. The smallest absolute Gasteiger partial charge is 0.131 e. The first-order valence-electron chi connectivity index (χ1n) is 7.09. The molecule has 0 saturated carbocycles. The van der Waals surface area contributed by atoms with Gasteiger partial charge in [-0.3, -0.25) is 9.78 Å². The van der Waals surface area contributed by atoms with E-state index in [1.807, 2.05) is 31.3 Å². The highest BCUT2D eigenvalue weighted by Crippen LogP contribution is 2.20. The van der Waals surface area contributed by atoms with Gasteiger partial charge in [-0.15, -0.1) is 0 Å². The minimum Gasteiger partial charge on any atom is -0.271 e. The topological polar surface area (TPSA) is 94.1 Å². The summed E-state index contributed by atoms with van der Waals surface area (Å²) < 4.78 is 3.77. The number of aromatic nitrogens is 4. The van der Waals surface area contributed by atoms with Crippen LogP contribution in [-0.4, -0.2) is 20.0 Å². The molecule has 0 amide bonds. The van der Waals surface area contributed by atoms with E-state index in [4.69, 9.17) is 10.5 Å². The minimum absolute atomic E-state index is 0.644.